The fourth-order valence-corrected chi connectivity index (χ4v) is 1.05. The Labute approximate surface area is 119 Å². The van der Waals surface area contributed by atoms with Gasteiger partial charge in [0, 0.05) is 5.56 Å². The Balaban J connectivity index is 0.00000289. The van der Waals surface area contributed by atoms with Crippen molar-refractivity contribution in [2.75, 3.05) is 6.54 Å². The normalized spacial score (nSPS) is 9.72. The molecule has 0 saturated carbocycles. The second-order valence-electron chi connectivity index (χ2n) is 3.12. The molecular weight excluding hydrogens is 358 g/mol. The van der Waals surface area contributed by atoms with Crippen molar-refractivity contribution >= 4 is 29.9 Å². The molecule has 1 aromatic carbocycles. The summed E-state index contributed by atoms with van der Waals surface area (Å²) in [6.07, 6.45) is -4.36. The van der Waals surface area contributed by atoms with E-state index < -0.39 is 11.7 Å². The molecule has 4 N–H and O–H groups in total. The Morgan fingerprint density at radius 2 is 1.94 bits per heavy atom. The van der Waals surface area contributed by atoms with Crippen molar-refractivity contribution in [2.45, 2.75) is 6.18 Å². The van der Waals surface area contributed by atoms with Gasteiger partial charge >= 0.3 is 6.18 Å². The largest absolute Gasteiger partial charge is 0.416 e. The topological polar surface area (TPSA) is 64.4 Å². The van der Waals surface area contributed by atoms with E-state index in [2.05, 4.69) is 16.8 Å². The van der Waals surface area contributed by atoms with Gasteiger partial charge in [-0.3, -0.25) is 0 Å². The van der Waals surface area contributed by atoms with E-state index in [-0.39, 0.29) is 42.0 Å². The number of alkyl halides is 3. The van der Waals surface area contributed by atoms with E-state index in [1.807, 2.05) is 0 Å². The molecule has 0 atom stereocenters. The van der Waals surface area contributed by atoms with Gasteiger partial charge in [0.25, 0.3) is 0 Å². The van der Waals surface area contributed by atoms with Gasteiger partial charge in [0.15, 0.2) is 5.96 Å². The maximum atomic E-state index is 12.4. The lowest BCUT2D eigenvalue weighted by atomic mass is 10.1. The van der Waals surface area contributed by atoms with Gasteiger partial charge in [-0.05, 0) is 18.2 Å². The minimum atomic E-state index is -4.36. The minimum absolute atomic E-state index is 0. The van der Waals surface area contributed by atoms with Gasteiger partial charge in [-0.1, -0.05) is 17.9 Å². The Morgan fingerprint density at radius 3 is 2.50 bits per heavy atom. The van der Waals surface area contributed by atoms with Crippen LogP contribution in [-0.2, 0) is 6.18 Å². The fourth-order valence-electron chi connectivity index (χ4n) is 1.05. The highest BCUT2D eigenvalue weighted by molar-refractivity contribution is 14.0. The van der Waals surface area contributed by atoms with Crippen molar-refractivity contribution in [3.05, 3.63) is 35.4 Å². The lowest BCUT2D eigenvalue weighted by Gasteiger charge is -2.05. The molecule has 0 fully saturated rings. The first kappa shape index (κ1) is 16.6. The summed E-state index contributed by atoms with van der Waals surface area (Å²) in [5.74, 6) is 4.98. The second-order valence-corrected chi connectivity index (χ2v) is 3.12. The van der Waals surface area contributed by atoms with Crippen LogP contribution in [0.2, 0.25) is 0 Å². The summed E-state index contributed by atoms with van der Waals surface area (Å²) < 4.78 is 37.1. The zero-order valence-corrected chi connectivity index (χ0v) is 11.5. The molecule has 0 aromatic heterocycles. The fraction of sp³-hybridized carbons (Fsp3) is 0.182. The van der Waals surface area contributed by atoms with Crippen molar-refractivity contribution in [1.82, 2.24) is 0 Å². The molecule has 0 amide bonds. The first-order chi connectivity index (χ1) is 7.89. The van der Waals surface area contributed by atoms with Crippen LogP contribution in [0, 0.1) is 11.8 Å². The standard InChI is InChI=1S/C11H10F3N3.HI/c12-11(13,14)9-5-1-3-8(7-9)4-2-6-17-10(15)16;/h1,3,5,7H,6H2,(H4,15,16,17);1H. The molecule has 0 spiro atoms. The summed E-state index contributed by atoms with van der Waals surface area (Å²) in [5, 5.41) is 0. The highest BCUT2D eigenvalue weighted by Crippen LogP contribution is 2.29. The third-order valence-corrected chi connectivity index (χ3v) is 1.76. The van der Waals surface area contributed by atoms with Gasteiger partial charge in [-0.25, -0.2) is 4.99 Å². The molecule has 0 aliphatic rings. The maximum absolute atomic E-state index is 12.4. The minimum Gasteiger partial charge on any atom is -0.370 e. The zero-order valence-electron chi connectivity index (χ0n) is 9.16. The molecule has 1 rings (SSSR count). The zero-order chi connectivity index (χ0) is 12.9. The Kier molecular flexibility index (Phi) is 6.54. The third kappa shape index (κ3) is 5.77. The van der Waals surface area contributed by atoms with E-state index in [4.69, 9.17) is 11.5 Å². The lowest BCUT2D eigenvalue weighted by molar-refractivity contribution is -0.137. The predicted molar refractivity (Wildman–Crippen MR) is 74.4 cm³/mol. The van der Waals surface area contributed by atoms with Crippen LogP contribution in [0.4, 0.5) is 13.2 Å². The molecule has 1 aromatic rings. The smallest absolute Gasteiger partial charge is 0.370 e. The molecular formula is C11H11F3IN3. The number of hydrogen-bond acceptors (Lipinski definition) is 1. The number of hydrogen-bond donors (Lipinski definition) is 2. The molecule has 0 radical (unpaired) electrons. The van der Waals surface area contributed by atoms with Crippen molar-refractivity contribution in [2.24, 2.45) is 16.5 Å². The molecule has 0 aliphatic heterocycles. The molecule has 18 heavy (non-hydrogen) atoms. The van der Waals surface area contributed by atoms with Gasteiger partial charge in [0.2, 0.25) is 0 Å². The molecule has 98 valence electrons. The molecule has 0 saturated heterocycles. The monoisotopic (exact) mass is 369 g/mol. The van der Waals surface area contributed by atoms with Crippen molar-refractivity contribution in [3.8, 4) is 11.8 Å². The number of benzene rings is 1. The molecule has 0 bridgehead atoms. The van der Waals surface area contributed by atoms with Gasteiger partial charge in [-0.2, -0.15) is 13.2 Å². The summed E-state index contributed by atoms with van der Waals surface area (Å²) in [7, 11) is 0. The van der Waals surface area contributed by atoms with Gasteiger partial charge in [-0.15, -0.1) is 24.0 Å². The average molecular weight is 369 g/mol. The summed E-state index contributed by atoms with van der Waals surface area (Å²) in [4.78, 5) is 3.59. The number of rotatable bonds is 1. The number of nitrogens with zero attached hydrogens (tertiary/aromatic N) is 1. The van der Waals surface area contributed by atoms with Crippen LogP contribution in [0.15, 0.2) is 29.3 Å². The Hall–Kier alpha value is -1.43. The molecule has 0 unspecified atom stereocenters. The van der Waals surface area contributed by atoms with Gasteiger partial charge < -0.3 is 11.5 Å². The second kappa shape index (κ2) is 7.10. The highest BCUT2D eigenvalue weighted by atomic mass is 127. The van der Waals surface area contributed by atoms with Crippen LogP contribution in [0.1, 0.15) is 11.1 Å². The van der Waals surface area contributed by atoms with Crippen LogP contribution < -0.4 is 11.5 Å². The van der Waals surface area contributed by atoms with E-state index in [1.165, 1.54) is 12.1 Å². The number of halogens is 4. The third-order valence-electron chi connectivity index (χ3n) is 1.76. The molecule has 3 nitrogen and oxygen atoms in total. The van der Waals surface area contributed by atoms with Crippen LogP contribution in [-0.4, -0.2) is 12.5 Å². The summed E-state index contributed by atoms with van der Waals surface area (Å²) in [5.41, 5.74) is 9.67. The Bertz CT molecular complexity index is 482. The summed E-state index contributed by atoms with van der Waals surface area (Å²) >= 11 is 0. The van der Waals surface area contributed by atoms with E-state index in [1.54, 1.807) is 0 Å². The van der Waals surface area contributed by atoms with Crippen LogP contribution in [0.25, 0.3) is 0 Å². The molecule has 0 aliphatic carbocycles. The Morgan fingerprint density at radius 1 is 1.28 bits per heavy atom. The summed E-state index contributed by atoms with van der Waals surface area (Å²) in [6, 6.07) is 4.74. The molecule has 7 heteroatoms. The van der Waals surface area contributed by atoms with Crippen LogP contribution in [0.5, 0.6) is 0 Å². The van der Waals surface area contributed by atoms with E-state index in [9.17, 15) is 13.2 Å². The SMILES string of the molecule is I.NC(N)=NCC#Cc1cccc(C(F)(F)F)c1. The van der Waals surface area contributed by atoms with Crippen LogP contribution >= 0.6 is 24.0 Å². The first-order valence-electron chi connectivity index (χ1n) is 4.61. The summed E-state index contributed by atoms with van der Waals surface area (Å²) in [6.45, 7) is 0.0541. The number of guanidine groups is 1. The quantitative estimate of drug-likeness (QED) is 0.344. The highest BCUT2D eigenvalue weighted by Gasteiger charge is 2.30. The van der Waals surface area contributed by atoms with Gasteiger partial charge in [0.05, 0.1) is 5.56 Å². The van der Waals surface area contributed by atoms with Gasteiger partial charge in [0.1, 0.15) is 6.54 Å². The van der Waals surface area contributed by atoms with E-state index in [0.29, 0.717) is 0 Å². The van der Waals surface area contributed by atoms with E-state index >= 15 is 0 Å². The lowest BCUT2D eigenvalue weighted by Crippen LogP contribution is -2.22. The number of nitrogens with two attached hydrogens (primary N) is 2. The maximum Gasteiger partial charge on any atom is 0.416 e. The first-order valence-corrected chi connectivity index (χ1v) is 4.61. The number of aliphatic imine (C=N–C) groups is 1. The van der Waals surface area contributed by atoms with Crippen molar-refractivity contribution < 1.29 is 13.2 Å². The van der Waals surface area contributed by atoms with E-state index in [0.717, 1.165) is 12.1 Å². The van der Waals surface area contributed by atoms with Crippen LogP contribution in [0.3, 0.4) is 0 Å². The molecule has 0 heterocycles. The van der Waals surface area contributed by atoms with Crippen molar-refractivity contribution in [3.63, 3.8) is 0 Å². The van der Waals surface area contributed by atoms with Crippen molar-refractivity contribution in [1.29, 1.82) is 0 Å². The predicted octanol–water partition coefficient (Wildman–Crippen LogP) is 1.95. The average Bonchev–Trinajstić information content (AvgIpc) is 2.23.